The molecule has 2 N–H and O–H groups in total. The first-order valence-corrected chi connectivity index (χ1v) is 22.1. The Labute approximate surface area is 423 Å². The fourth-order valence-electron chi connectivity index (χ4n) is 7.36. The maximum Gasteiger partial charge on any atom is 1.00 e. The van der Waals surface area contributed by atoms with Crippen LogP contribution in [0.2, 0.25) is 0 Å². The zero-order chi connectivity index (χ0) is 48.6. The van der Waals surface area contributed by atoms with Crippen LogP contribution in [0.15, 0.2) is 122 Å². The molecule has 2 aromatic heterocycles. The van der Waals surface area contributed by atoms with Crippen LogP contribution in [-0.4, -0.2) is 56.6 Å². The Balaban J connectivity index is 0.000000224. The van der Waals surface area contributed by atoms with Crippen molar-refractivity contribution in [2.75, 3.05) is 54.6 Å². The van der Waals surface area contributed by atoms with Crippen LogP contribution >= 0.6 is 12.0 Å². The van der Waals surface area contributed by atoms with Crippen LogP contribution in [0.1, 0.15) is 61.0 Å². The second-order valence-electron chi connectivity index (χ2n) is 16.0. The minimum atomic E-state index is -0.340. The van der Waals surface area contributed by atoms with Crippen LogP contribution in [-0.2, 0) is 25.8 Å². The number of aromatic amines is 2. The third kappa shape index (κ3) is 11.9. The Morgan fingerprint density at radius 3 is 1.77 bits per heavy atom. The fraction of sp³-hybridized carbons (Fsp3) is 0.200. The van der Waals surface area contributed by atoms with E-state index in [-0.39, 0.29) is 63.5 Å². The molecule has 0 unspecified atom stereocenters. The van der Waals surface area contributed by atoms with Crippen molar-refractivity contribution in [3.05, 3.63) is 184 Å². The third-order valence-electron chi connectivity index (χ3n) is 11.1. The molecule has 2 amide bonds. The van der Waals surface area contributed by atoms with Crippen LogP contribution in [0.4, 0.5) is 22.7 Å². The number of aryl methyl sites for hydroxylation is 1. The summed E-state index contributed by atoms with van der Waals surface area (Å²) >= 11 is 0.747. The number of amides is 2. The number of H-pyrrole nitrogens is 2. The van der Waals surface area contributed by atoms with Gasteiger partial charge in [0.1, 0.15) is 6.61 Å². The van der Waals surface area contributed by atoms with Gasteiger partial charge in [0.15, 0.2) is 11.0 Å². The molecule has 0 saturated heterocycles. The minimum Gasteiger partial charge on any atom is -0.691 e. The molecule has 17 nitrogen and oxygen atoms in total. The van der Waals surface area contributed by atoms with Crippen molar-refractivity contribution in [3.63, 3.8) is 0 Å². The molecule has 0 spiro atoms. The van der Waals surface area contributed by atoms with Crippen LogP contribution in [0.3, 0.4) is 0 Å². The van der Waals surface area contributed by atoms with Crippen molar-refractivity contribution in [1.29, 1.82) is 0 Å². The zero-order valence-corrected chi connectivity index (χ0v) is 42.5. The van der Waals surface area contributed by atoms with Crippen LogP contribution < -0.4 is 87.2 Å². The molecule has 0 bridgehead atoms. The summed E-state index contributed by atoms with van der Waals surface area (Å²) in [7, 11) is 7.92. The Morgan fingerprint density at radius 1 is 0.696 bits per heavy atom. The number of fused-ring (bicyclic) bond motifs is 2. The average molecular weight is 961 g/mol. The molecule has 8 rings (SSSR count). The summed E-state index contributed by atoms with van der Waals surface area (Å²) in [5.74, 6) is -0.627. The van der Waals surface area contributed by atoms with Gasteiger partial charge in [-0.15, -0.1) is 10.2 Å². The van der Waals surface area contributed by atoms with E-state index in [0.29, 0.717) is 62.2 Å². The number of aromatic nitrogens is 2. The zero-order valence-electron chi connectivity index (χ0n) is 39.6. The Hall–Kier alpha value is -6.45. The molecule has 19 heteroatoms. The number of nitrogens with one attached hydrogen (secondary N) is 2. The van der Waals surface area contributed by atoms with Crippen molar-refractivity contribution < 1.29 is 63.6 Å². The number of anilines is 4. The minimum absolute atomic E-state index is 0. The van der Waals surface area contributed by atoms with E-state index >= 15 is 0 Å². The van der Waals surface area contributed by atoms with Gasteiger partial charge in [0.05, 0.1) is 41.2 Å². The molecule has 0 atom stereocenters. The summed E-state index contributed by atoms with van der Waals surface area (Å²) in [6, 6.07) is 27.9. The molecule has 4 heterocycles. The first-order valence-electron chi connectivity index (χ1n) is 21.3. The molecule has 2 aliphatic rings. The molecule has 6 aromatic rings. The fourth-order valence-corrected chi connectivity index (χ4v) is 7.71. The second kappa shape index (κ2) is 23.2. The van der Waals surface area contributed by atoms with Gasteiger partial charge in [-0.25, -0.2) is 9.78 Å². The van der Waals surface area contributed by atoms with E-state index in [0.717, 1.165) is 45.7 Å². The SMILES string of the molecule is CCOOCc1ccc(N2N=c3[nH]c(=O)/c(=C\C=C\c4ccc(N(C)C)cc4)c(C)c3C2=O)cc1.Cc1cc(N(C)C)ccc1/C=c1/c(C)c2c([nH]c1=O)=NN(c1ccc(SOO[O-])cc1)C2=O.[Na+]. The van der Waals surface area contributed by atoms with E-state index < -0.39 is 0 Å². The monoisotopic (exact) mass is 960 g/mol. The third-order valence-corrected chi connectivity index (χ3v) is 11.7. The molecule has 4 aromatic carbocycles. The Bertz CT molecular complexity index is 3270. The maximum atomic E-state index is 13.2. The summed E-state index contributed by atoms with van der Waals surface area (Å²) in [6.07, 6.45) is 7.24. The van der Waals surface area contributed by atoms with Crippen LogP contribution in [0, 0.1) is 20.8 Å². The number of hydrogen-bond donors (Lipinski definition) is 2. The number of pyridine rings is 2. The van der Waals surface area contributed by atoms with Gasteiger partial charge in [0.25, 0.3) is 22.9 Å². The predicted molar refractivity (Wildman–Crippen MR) is 259 cm³/mol. The van der Waals surface area contributed by atoms with Crippen molar-refractivity contribution in [1.82, 2.24) is 9.97 Å². The van der Waals surface area contributed by atoms with Gasteiger partial charge in [0, 0.05) is 54.9 Å². The van der Waals surface area contributed by atoms with E-state index in [9.17, 15) is 24.4 Å². The summed E-state index contributed by atoms with van der Waals surface area (Å²) in [4.78, 5) is 72.1. The number of carbonyl (C=O) groups is 2. The quantitative estimate of drug-likeness (QED) is 0.0522. The first-order chi connectivity index (χ1) is 32.7. The molecule has 0 aliphatic carbocycles. The number of benzene rings is 4. The van der Waals surface area contributed by atoms with E-state index in [2.05, 4.69) is 29.5 Å². The van der Waals surface area contributed by atoms with Crippen molar-refractivity contribution in [2.24, 2.45) is 10.2 Å². The molecular formula is C50H49N8NaO9S. The van der Waals surface area contributed by atoms with E-state index in [1.165, 1.54) is 10.0 Å². The molecule has 2 aliphatic heterocycles. The number of nitrogens with zero attached hydrogens (tertiary/aromatic N) is 6. The Morgan fingerprint density at radius 2 is 1.23 bits per heavy atom. The van der Waals surface area contributed by atoms with E-state index in [4.69, 9.17) is 9.78 Å². The molecule has 0 radical (unpaired) electrons. The molecule has 350 valence electrons. The van der Waals surface area contributed by atoms with E-state index in [1.54, 1.807) is 62.4 Å². The molecule has 0 saturated carbocycles. The summed E-state index contributed by atoms with van der Waals surface area (Å²) < 4.78 is 4.29. The van der Waals surface area contributed by atoms with Gasteiger partial charge < -0.3 is 25.0 Å². The normalized spacial score (nSPS) is 13.2. The van der Waals surface area contributed by atoms with Gasteiger partial charge in [0.2, 0.25) is 0 Å². The predicted octanol–water partition coefficient (Wildman–Crippen LogP) is 1.22. The first kappa shape index (κ1) is 51.9. The van der Waals surface area contributed by atoms with Crippen LogP contribution in [0.25, 0.3) is 18.2 Å². The summed E-state index contributed by atoms with van der Waals surface area (Å²) in [5, 5.41) is 25.3. The van der Waals surface area contributed by atoms with Crippen molar-refractivity contribution in [2.45, 2.75) is 39.2 Å². The standard InChI is InChI=1S/C27H28N4O4.C23H22N4O5S.Na/c1-5-34-35-17-20-11-15-22(16-12-20)31-27(33)24-18(2)23(26(32)28-25(24)29-31)8-6-7-19-9-13-21(14-10-19)30(3)4;1-13-11-17(26(3)4)6-5-15(13)12-19-14(2)20-21(24-22(19)28)25-27(23(20)29)16-7-9-18(10-8-16)33-32-31-30;/h6-16H,5,17H2,1-4H3,(H,28,29,32);5-12,30H,1-4H3,(H,24,25,28);/q;;+1/p-1/b7-6+,23-8-;19-12-;. The largest absolute Gasteiger partial charge is 1.00 e. The van der Waals surface area contributed by atoms with Gasteiger partial charge in [-0.1, -0.05) is 42.5 Å². The molecule has 0 fully saturated rings. The van der Waals surface area contributed by atoms with Gasteiger partial charge in [-0.05, 0) is 134 Å². The topological polar surface area (TPSA) is 198 Å². The second-order valence-corrected chi connectivity index (χ2v) is 16.8. The number of rotatable bonds is 14. The maximum absolute atomic E-state index is 13.2. The van der Waals surface area contributed by atoms with Crippen molar-refractivity contribution in [3.8, 4) is 0 Å². The molecule has 69 heavy (non-hydrogen) atoms. The number of allylic oxidation sites excluding steroid dienone is 1. The van der Waals surface area contributed by atoms with E-state index in [1.807, 2.05) is 119 Å². The van der Waals surface area contributed by atoms with Gasteiger partial charge >= 0.3 is 29.6 Å². The van der Waals surface area contributed by atoms with Crippen molar-refractivity contribution >= 4 is 64.8 Å². The molecular weight excluding hydrogens is 912 g/mol. The smallest absolute Gasteiger partial charge is 0.691 e. The van der Waals surface area contributed by atoms with Gasteiger partial charge in [-0.2, -0.15) is 14.4 Å². The Kier molecular flexibility index (Phi) is 17.5. The summed E-state index contributed by atoms with van der Waals surface area (Å²) in [5.41, 5.74) is 8.86. The van der Waals surface area contributed by atoms with Crippen LogP contribution in [0.5, 0.6) is 0 Å². The average Bonchev–Trinajstić information content (AvgIpc) is 3.84. The summed E-state index contributed by atoms with van der Waals surface area (Å²) in [6.45, 7) is 8.11. The van der Waals surface area contributed by atoms with Gasteiger partial charge in [-0.3, -0.25) is 24.2 Å². The number of hydrogen-bond acceptors (Lipinski definition) is 14. The number of carbonyl (C=O) groups excluding carboxylic acids is 2.